The summed E-state index contributed by atoms with van der Waals surface area (Å²) in [7, 11) is 0. The Balaban J connectivity index is 1.51. The van der Waals surface area contributed by atoms with Crippen molar-refractivity contribution in [2.45, 2.75) is 12.4 Å². The topological polar surface area (TPSA) is 102 Å². The highest BCUT2D eigenvalue weighted by atomic mass is 19.4. The quantitative estimate of drug-likeness (QED) is 0.442. The third kappa shape index (κ3) is 12.2. The summed E-state index contributed by atoms with van der Waals surface area (Å²) >= 11 is 0. The molecule has 0 radical (unpaired) electrons. The van der Waals surface area contributed by atoms with Crippen LogP contribution in [0.1, 0.15) is 11.1 Å². The average Bonchev–Trinajstić information content (AvgIpc) is 2.96. The number of anilines is 2. The molecule has 0 bridgehead atoms. The molecule has 0 saturated carbocycles. The van der Waals surface area contributed by atoms with E-state index in [1.807, 2.05) is 0 Å². The summed E-state index contributed by atoms with van der Waals surface area (Å²) in [5.41, 5.74) is -1.79. The molecule has 1 aliphatic heterocycles. The van der Waals surface area contributed by atoms with Gasteiger partial charge in [0.25, 0.3) is 0 Å². The Hall–Kier alpha value is -3.60. The highest BCUT2D eigenvalue weighted by Gasteiger charge is 2.31. The van der Waals surface area contributed by atoms with Crippen LogP contribution in [0.3, 0.4) is 0 Å². The van der Waals surface area contributed by atoms with Gasteiger partial charge in [-0.1, -0.05) is 12.1 Å². The van der Waals surface area contributed by atoms with Gasteiger partial charge in [0.2, 0.25) is 0 Å². The van der Waals surface area contributed by atoms with E-state index in [-0.39, 0.29) is 90.4 Å². The molecule has 2 aromatic carbocycles. The van der Waals surface area contributed by atoms with Crippen LogP contribution < -0.4 is 10.6 Å². The van der Waals surface area contributed by atoms with E-state index < -0.39 is 35.5 Å². The van der Waals surface area contributed by atoms with E-state index in [1.54, 1.807) is 0 Å². The summed E-state index contributed by atoms with van der Waals surface area (Å²) in [6, 6.07) is 7.37. The molecule has 1 aliphatic rings. The summed E-state index contributed by atoms with van der Waals surface area (Å²) < 4.78 is 100. The number of halogens is 6. The number of carbonyl (C=O) groups excluding carboxylic acids is 2. The molecule has 16 heteroatoms. The zero-order chi connectivity index (χ0) is 32.0. The van der Waals surface area contributed by atoms with Crippen molar-refractivity contribution >= 4 is 23.4 Å². The largest absolute Gasteiger partial charge is 0.416 e. The number of hydrogen-bond acceptors (Lipinski definition) is 6. The van der Waals surface area contributed by atoms with E-state index in [0.717, 1.165) is 24.3 Å². The first-order chi connectivity index (χ1) is 20.9. The number of carbonyl (C=O) groups is 2. The van der Waals surface area contributed by atoms with Gasteiger partial charge < -0.3 is 39.4 Å². The number of alkyl halides is 6. The van der Waals surface area contributed by atoms with Crippen LogP contribution in [0.15, 0.2) is 48.5 Å². The lowest BCUT2D eigenvalue weighted by molar-refractivity contribution is -0.138. The Kier molecular flexibility index (Phi) is 13.5. The fraction of sp³-hybridized carbons (Fsp3) is 0.500. The molecule has 0 spiro atoms. The lowest BCUT2D eigenvalue weighted by atomic mass is 10.2. The summed E-state index contributed by atoms with van der Waals surface area (Å²) in [6.07, 6.45) is -9.10. The van der Waals surface area contributed by atoms with Gasteiger partial charge in [-0.25, -0.2) is 9.59 Å². The van der Waals surface area contributed by atoms with E-state index in [9.17, 15) is 35.9 Å². The minimum atomic E-state index is -4.55. The van der Waals surface area contributed by atoms with Gasteiger partial charge in [0.1, 0.15) is 0 Å². The predicted molar refractivity (Wildman–Crippen MR) is 147 cm³/mol. The van der Waals surface area contributed by atoms with Gasteiger partial charge in [0.05, 0.1) is 64.0 Å². The maximum absolute atomic E-state index is 13.0. The molecular formula is C28H34F6N4O6. The van der Waals surface area contributed by atoms with E-state index in [2.05, 4.69) is 10.6 Å². The molecule has 2 aromatic rings. The van der Waals surface area contributed by atoms with Gasteiger partial charge in [-0.2, -0.15) is 26.3 Å². The monoisotopic (exact) mass is 636 g/mol. The number of hydrogen-bond donors (Lipinski definition) is 2. The second-order valence-electron chi connectivity index (χ2n) is 9.44. The first-order valence-electron chi connectivity index (χ1n) is 13.7. The van der Waals surface area contributed by atoms with Gasteiger partial charge in [-0.15, -0.1) is 0 Å². The van der Waals surface area contributed by atoms with Crippen molar-refractivity contribution in [3.8, 4) is 0 Å². The molecule has 2 N–H and O–H groups in total. The highest BCUT2D eigenvalue weighted by molar-refractivity contribution is 5.90. The number of benzene rings is 2. The van der Waals surface area contributed by atoms with E-state index >= 15 is 0 Å². The molecule has 3 rings (SSSR count). The number of nitrogens with one attached hydrogen (secondary N) is 2. The smallest absolute Gasteiger partial charge is 0.377 e. The molecule has 1 heterocycles. The van der Waals surface area contributed by atoms with Crippen LogP contribution in [0.25, 0.3) is 0 Å². The first kappa shape index (κ1) is 34.9. The third-order valence-corrected chi connectivity index (χ3v) is 6.22. The fourth-order valence-corrected chi connectivity index (χ4v) is 3.92. The number of amides is 4. The van der Waals surface area contributed by atoms with Gasteiger partial charge in [-0.3, -0.25) is 0 Å². The fourth-order valence-electron chi connectivity index (χ4n) is 3.92. The average molecular weight is 637 g/mol. The van der Waals surface area contributed by atoms with Crippen molar-refractivity contribution in [2.24, 2.45) is 0 Å². The summed E-state index contributed by atoms with van der Waals surface area (Å²) in [5, 5.41) is 4.94. The molecule has 4 amide bonds. The minimum Gasteiger partial charge on any atom is -0.377 e. The Morgan fingerprint density at radius 3 is 1.16 bits per heavy atom. The summed E-state index contributed by atoms with van der Waals surface area (Å²) in [5.74, 6) is 0. The van der Waals surface area contributed by atoms with Crippen molar-refractivity contribution < 1.29 is 54.9 Å². The number of nitrogens with zero attached hydrogens (tertiary/aromatic N) is 2. The Morgan fingerprint density at radius 1 is 0.545 bits per heavy atom. The first-order valence-corrected chi connectivity index (χ1v) is 13.7. The van der Waals surface area contributed by atoms with Crippen molar-refractivity contribution in [1.29, 1.82) is 0 Å². The minimum absolute atomic E-state index is 0.00882. The second kappa shape index (κ2) is 17.0. The highest BCUT2D eigenvalue weighted by Crippen LogP contribution is 2.31. The molecule has 0 atom stereocenters. The Labute approximate surface area is 250 Å². The van der Waals surface area contributed by atoms with Crippen molar-refractivity contribution in [3.05, 3.63) is 59.7 Å². The number of ether oxygens (including phenoxy) is 4. The van der Waals surface area contributed by atoms with Crippen LogP contribution in [-0.2, 0) is 31.3 Å². The SMILES string of the molecule is O=C(Nc1cccc(C(F)(F)F)c1)N1CCOCCOCCN(C(=O)Nc2cccc(C(F)(F)F)c2)CCOCCOCC1. The zero-order valence-corrected chi connectivity index (χ0v) is 23.7. The van der Waals surface area contributed by atoms with Crippen LogP contribution in [0, 0.1) is 0 Å². The van der Waals surface area contributed by atoms with Crippen molar-refractivity contribution in [3.63, 3.8) is 0 Å². The molecule has 10 nitrogen and oxygen atoms in total. The van der Waals surface area contributed by atoms with Gasteiger partial charge in [0, 0.05) is 37.6 Å². The van der Waals surface area contributed by atoms with Gasteiger partial charge >= 0.3 is 24.4 Å². The number of rotatable bonds is 2. The second-order valence-corrected chi connectivity index (χ2v) is 9.44. The van der Waals surface area contributed by atoms with Crippen LogP contribution in [0.4, 0.5) is 47.3 Å². The predicted octanol–water partition coefficient (Wildman–Crippen LogP) is 5.17. The lowest BCUT2D eigenvalue weighted by Gasteiger charge is -2.24. The van der Waals surface area contributed by atoms with Crippen molar-refractivity contribution in [1.82, 2.24) is 9.80 Å². The molecule has 44 heavy (non-hydrogen) atoms. The zero-order valence-electron chi connectivity index (χ0n) is 23.7. The molecular weight excluding hydrogens is 602 g/mol. The summed E-state index contributed by atoms with van der Waals surface area (Å²) in [6.45, 7) is 1.51. The van der Waals surface area contributed by atoms with Gasteiger partial charge in [0.15, 0.2) is 0 Å². The number of urea groups is 2. The maximum Gasteiger partial charge on any atom is 0.416 e. The normalized spacial score (nSPS) is 17.3. The molecule has 1 fully saturated rings. The molecule has 0 aromatic heterocycles. The standard InChI is InChI=1S/C28H34F6N4O6/c29-27(30,31)21-3-1-5-23(19-21)35-25(39)37-7-11-41-15-17-43-13-9-38(10-14-44-18-16-42-12-8-37)26(40)36-24-6-2-4-22(20-24)28(32,33)34/h1-6,19-20H,7-18H2,(H,35,39)(H,36,40). The van der Waals surface area contributed by atoms with Crippen LogP contribution >= 0.6 is 0 Å². The lowest BCUT2D eigenvalue weighted by Crippen LogP contribution is -2.40. The van der Waals surface area contributed by atoms with Crippen LogP contribution in [0.2, 0.25) is 0 Å². The van der Waals surface area contributed by atoms with Crippen LogP contribution in [0.5, 0.6) is 0 Å². The molecule has 244 valence electrons. The van der Waals surface area contributed by atoms with Crippen molar-refractivity contribution in [2.75, 3.05) is 89.7 Å². The van der Waals surface area contributed by atoms with Crippen LogP contribution in [-0.4, -0.2) is 101 Å². The van der Waals surface area contributed by atoms with Gasteiger partial charge in [-0.05, 0) is 36.4 Å². The van der Waals surface area contributed by atoms with E-state index in [4.69, 9.17) is 18.9 Å². The molecule has 0 unspecified atom stereocenters. The third-order valence-electron chi connectivity index (χ3n) is 6.22. The Bertz CT molecular complexity index is 1090. The molecule has 1 saturated heterocycles. The van der Waals surface area contributed by atoms with E-state index in [0.29, 0.717) is 0 Å². The Morgan fingerprint density at radius 2 is 0.864 bits per heavy atom. The maximum atomic E-state index is 13.0. The van der Waals surface area contributed by atoms with E-state index in [1.165, 1.54) is 34.1 Å². The summed E-state index contributed by atoms with van der Waals surface area (Å²) in [4.78, 5) is 28.3. The molecule has 0 aliphatic carbocycles.